The number of halogens is 1. The minimum absolute atomic E-state index is 0.273. The Balaban J connectivity index is 3.05. The number of nitrogens with zero attached hydrogens (tertiary/aromatic N) is 2. The van der Waals surface area contributed by atoms with Gasteiger partial charge in [-0.3, -0.25) is 0 Å². The molecule has 1 rings (SSSR count). The van der Waals surface area contributed by atoms with Gasteiger partial charge in [0.15, 0.2) is 5.15 Å². The van der Waals surface area contributed by atoms with Gasteiger partial charge < -0.3 is 5.73 Å². The van der Waals surface area contributed by atoms with E-state index >= 15 is 0 Å². The Kier molecular flexibility index (Phi) is 2.29. The van der Waals surface area contributed by atoms with Crippen molar-refractivity contribution in [3.05, 3.63) is 16.9 Å². The molecule has 60 valence electrons. The maximum absolute atomic E-state index is 5.59. The Bertz CT molecular complexity index is 260. The molecule has 0 aliphatic heterocycles. The lowest BCUT2D eigenvalue weighted by molar-refractivity contribution is 0.787. The van der Waals surface area contributed by atoms with E-state index in [1.54, 1.807) is 6.07 Å². The normalized spacial score (nSPS) is 10.5. The number of hydrogen-bond donors (Lipinski definition) is 1. The molecule has 0 amide bonds. The monoisotopic (exact) mass is 171 g/mol. The van der Waals surface area contributed by atoms with E-state index in [1.807, 2.05) is 13.8 Å². The SMILES string of the molecule is CC(C)c1cc(N)c(Cl)nn1. The first-order chi connectivity index (χ1) is 5.11. The van der Waals surface area contributed by atoms with Gasteiger partial charge in [-0.25, -0.2) is 0 Å². The van der Waals surface area contributed by atoms with Crippen LogP contribution in [0.25, 0.3) is 0 Å². The van der Waals surface area contributed by atoms with Crippen molar-refractivity contribution in [2.45, 2.75) is 19.8 Å². The van der Waals surface area contributed by atoms with E-state index in [0.29, 0.717) is 11.6 Å². The zero-order chi connectivity index (χ0) is 8.43. The molecule has 0 aliphatic carbocycles. The van der Waals surface area contributed by atoms with Gasteiger partial charge in [0, 0.05) is 0 Å². The third kappa shape index (κ3) is 1.80. The van der Waals surface area contributed by atoms with Gasteiger partial charge in [-0.15, -0.1) is 5.10 Å². The highest BCUT2D eigenvalue weighted by atomic mass is 35.5. The number of nitrogens with two attached hydrogens (primary N) is 1. The minimum atomic E-state index is 0.273. The maximum Gasteiger partial charge on any atom is 0.174 e. The van der Waals surface area contributed by atoms with Crippen LogP contribution in [0.4, 0.5) is 5.69 Å². The summed E-state index contributed by atoms with van der Waals surface area (Å²) in [7, 11) is 0. The van der Waals surface area contributed by atoms with Gasteiger partial charge in [0.1, 0.15) is 0 Å². The van der Waals surface area contributed by atoms with E-state index in [4.69, 9.17) is 17.3 Å². The largest absolute Gasteiger partial charge is 0.396 e. The Hall–Kier alpha value is -0.830. The lowest BCUT2D eigenvalue weighted by Gasteiger charge is -2.03. The average Bonchev–Trinajstić information content (AvgIpc) is 1.94. The van der Waals surface area contributed by atoms with Gasteiger partial charge in [-0.05, 0) is 12.0 Å². The average molecular weight is 172 g/mol. The smallest absolute Gasteiger partial charge is 0.174 e. The number of rotatable bonds is 1. The van der Waals surface area contributed by atoms with Crippen LogP contribution in [0, 0.1) is 0 Å². The number of hydrogen-bond acceptors (Lipinski definition) is 3. The molecule has 0 unspecified atom stereocenters. The van der Waals surface area contributed by atoms with Crippen molar-refractivity contribution in [2.75, 3.05) is 5.73 Å². The van der Waals surface area contributed by atoms with Crippen LogP contribution >= 0.6 is 11.6 Å². The number of nitrogen functional groups attached to an aromatic ring is 1. The quantitative estimate of drug-likeness (QED) is 0.702. The van der Waals surface area contributed by atoms with E-state index in [-0.39, 0.29) is 5.15 Å². The topological polar surface area (TPSA) is 51.8 Å². The zero-order valence-electron chi connectivity index (χ0n) is 6.50. The second-order valence-corrected chi connectivity index (χ2v) is 3.03. The summed E-state index contributed by atoms with van der Waals surface area (Å²) in [6, 6.07) is 1.75. The van der Waals surface area contributed by atoms with E-state index in [1.165, 1.54) is 0 Å². The summed E-state index contributed by atoms with van der Waals surface area (Å²) in [5, 5.41) is 7.84. The van der Waals surface area contributed by atoms with Gasteiger partial charge >= 0.3 is 0 Å². The summed E-state index contributed by atoms with van der Waals surface area (Å²) in [4.78, 5) is 0. The van der Waals surface area contributed by atoms with Crippen LogP contribution < -0.4 is 5.73 Å². The molecule has 0 fully saturated rings. The summed E-state index contributed by atoms with van der Waals surface area (Å²) in [5.74, 6) is 0.335. The second-order valence-electron chi connectivity index (χ2n) is 2.67. The van der Waals surface area contributed by atoms with Gasteiger partial charge in [-0.2, -0.15) is 5.10 Å². The van der Waals surface area contributed by atoms with Crippen molar-refractivity contribution in [3.63, 3.8) is 0 Å². The first-order valence-corrected chi connectivity index (χ1v) is 3.77. The van der Waals surface area contributed by atoms with E-state index < -0.39 is 0 Å². The molecule has 0 atom stereocenters. The van der Waals surface area contributed by atoms with Gasteiger partial charge in [-0.1, -0.05) is 25.4 Å². The van der Waals surface area contributed by atoms with E-state index in [0.717, 1.165) is 5.69 Å². The standard InChI is InChI=1S/C7H10ClN3/c1-4(2)6-3-5(9)7(8)11-10-6/h3-4H,1-2H3,(H2,9,10). The third-order valence-corrected chi connectivity index (χ3v) is 1.68. The molecular weight excluding hydrogens is 162 g/mol. The fourth-order valence-corrected chi connectivity index (χ4v) is 0.782. The molecule has 2 N–H and O–H groups in total. The van der Waals surface area contributed by atoms with Crippen molar-refractivity contribution >= 4 is 17.3 Å². The van der Waals surface area contributed by atoms with Crippen LogP contribution in [0.1, 0.15) is 25.5 Å². The highest BCUT2D eigenvalue weighted by Gasteiger charge is 2.04. The van der Waals surface area contributed by atoms with Crippen LogP contribution in [0.5, 0.6) is 0 Å². The molecular formula is C7H10ClN3. The number of anilines is 1. The molecule has 0 aliphatic rings. The minimum Gasteiger partial charge on any atom is -0.396 e. The molecule has 0 spiro atoms. The Morgan fingerprint density at radius 2 is 2.09 bits per heavy atom. The van der Waals surface area contributed by atoms with Crippen LogP contribution in [0.2, 0.25) is 5.15 Å². The van der Waals surface area contributed by atoms with E-state index in [9.17, 15) is 0 Å². The summed E-state index contributed by atoms with van der Waals surface area (Å²) < 4.78 is 0. The Labute approximate surface area is 70.6 Å². The molecule has 1 heterocycles. The van der Waals surface area contributed by atoms with Gasteiger partial charge in [0.2, 0.25) is 0 Å². The molecule has 1 aromatic rings. The van der Waals surface area contributed by atoms with Crippen molar-refractivity contribution in [1.29, 1.82) is 0 Å². The predicted molar refractivity (Wildman–Crippen MR) is 45.5 cm³/mol. The van der Waals surface area contributed by atoms with Crippen molar-refractivity contribution in [3.8, 4) is 0 Å². The molecule has 1 aromatic heterocycles. The molecule has 3 nitrogen and oxygen atoms in total. The molecule has 0 saturated carbocycles. The van der Waals surface area contributed by atoms with Crippen molar-refractivity contribution in [1.82, 2.24) is 10.2 Å². The lowest BCUT2D eigenvalue weighted by Crippen LogP contribution is -1.98. The maximum atomic E-state index is 5.59. The van der Waals surface area contributed by atoms with Crippen LogP contribution in [0.15, 0.2) is 6.07 Å². The molecule has 0 bridgehead atoms. The summed E-state index contributed by atoms with van der Waals surface area (Å²) in [6.07, 6.45) is 0. The van der Waals surface area contributed by atoms with Gasteiger partial charge in [0.05, 0.1) is 11.4 Å². The van der Waals surface area contributed by atoms with Crippen LogP contribution in [-0.4, -0.2) is 10.2 Å². The highest BCUT2D eigenvalue weighted by molar-refractivity contribution is 6.31. The van der Waals surface area contributed by atoms with Crippen molar-refractivity contribution in [2.24, 2.45) is 0 Å². The third-order valence-electron chi connectivity index (χ3n) is 1.39. The summed E-state index contributed by atoms with van der Waals surface area (Å²) in [6.45, 7) is 4.05. The lowest BCUT2D eigenvalue weighted by atomic mass is 10.1. The predicted octanol–water partition coefficient (Wildman–Crippen LogP) is 1.84. The molecule has 0 saturated heterocycles. The van der Waals surface area contributed by atoms with E-state index in [2.05, 4.69) is 10.2 Å². The highest BCUT2D eigenvalue weighted by Crippen LogP contribution is 2.18. The number of aromatic nitrogens is 2. The van der Waals surface area contributed by atoms with Crippen LogP contribution in [-0.2, 0) is 0 Å². The Morgan fingerprint density at radius 3 is 2.55 bits per heavy atom. The van der Waals surface area contributed by atoms with Crippen LogP contribution in [0.3, 0.4) is 0 Å². The molecule has 4 heteroatoms. The second kappa shape index (κ2) is 3.05. The first-order valence-electron chi connectivity index (χ1n) is 3.40. The zero-order valence-corrected chi connectivity index (χ0v) is 7.26. The summed E-state index contributed by atoms with van der Waals surface area (Å²) >= 11 is 5.59. The molecule has 11 heavy (non-hydrogen) atoms. The molecule has 0 aromatic carbocycles. The molecule has 0 radical (unpaired) electrons. The van der Waals surface area contributed by atoms with Crippen molar-refractivity contribution < 1.29 is 0 Å². The fraction of sp³-hybridized carbons (Fsp3) is 0.429. The Morgan fingerprint density at radius 1 is 1.45 bits per heavy atom. The van der Waals surface area contributed by atoms with Gasteiger partial charge in [0.25, 0.3) is 0 Å². The first kappa shape index (κ1) is 8.27. The fourth-order valence-electron chi connectivity index (χ4n) is 0.689. The summed E-state index contributed by atoms with van der Waals surface area (Å²) in [5.41, 5.74) is 6.88.